The lowest BCUT2D eigenvalue weighted by Crippen LogP contribution is -2.27. The van der Waals surface area contributed by atoms with E-state index in [4.69, 9.17) is 15.2 Å². The molecule has 2 heterocycles. The van der Waals surface area contributed by atoms with Crippen LogP contribution in [0.25, 0.3) is 0 Å². The molecule has 1 fully saturated rings. The molecular weight excluding hydrogens is 416 g/mol. The number of nitrogens with zero attached hydrogens (tertiary/aromatic N) is 3. The Labute approximate surface area is 194 Å². The van der Waals surface area contributed by atoms with Gasteiger partial charge in [-0.05, 0) is 61.4 Å². The van der Waals surface area contributed by atoms with Gasteiger partial charge in [0.25, 0.3) is 5.91 Å². The van der Waals surface area contributed by atoms with Crippen LogP contribution in [0.2, 0.25) is 0 Å². The van der Waals surface area contributed by atoms with E-state index in [0.717, 1.165) is 50.6 Å². The number of benzene rings is 2. The van der Waals surface area contributed by atoms with Gasteiger partial charge in [0.05, 0.1) is 12.4 Å². The fourth-order valence-corrected chi connectivity index (χ4v) is 4.07. The molecule has 7 nitrogen and oxygen atoms in total. The van der Waals surface area contributed by atoms with Gasteiger partial charge in [0.2, 0.25) is 5.88 Å². The summed E-state index contributed by atoms with van der Waals surface area (Å²) in [4.78, 5) is 21.7. The van der Waals surface area contributed by atoms with E-state index < -0.39 is 5.91 Å². The second-order valence-corrected chi connectivity index (χ2v) is 8.41. The highest BCUT2D eigenvalue weighted by Crippen LogP contribution is 2.27. The summed E-state index contributed by atoms with van der Waals surface area (Å²) in [5.41, 5.74) is 8.77. The standard InChI is InChI=1S/C26H30N4O3/c1-19-15-21(7-8-24(19)33-25-17-28-23(16-29-25)26(27)31)18-30(22-5-3-2-4-6-22)12-9-20-10-13-32-14-11-20/h2-8,15-17,20H,9-14,18H2,1H3,(H2,27,31). The molecule has 33 heavy (non-hydrogen) atoms. The first-order chi connectivity index (χ1) is 16.1. The molecule has 3 aromatic rings. The molecule has 1 aliphatic heterocycles. The molecule has 7 heteroatoms. The van der Waals surface area contributed by atoms with Crippen molar-refractivity contribution >= 4 is 11.6 Å². The van der Waals surface area contributed by atoms with Gasteiger partial charge in [-0.1, -0.05) is 30.3 Å². The van der Waals surface area contributed by atoms with E-state index in [1.807, 2.05) is 13.0 Å². The fourth-order valence-electron chi connectivity index (χ4n) is 4.07. The number of para-hydroxylation sites is 1. The van der Waals surface area contributed by atoms with Crippen LogP contribution in [-0.2, 0) is 11.3 Å². The molecule has 4 rings (SSSR count). The second-order valence-electron chi connectivity index (χ2n) is 8.41. The number of ether oxygens (including phenoxy) is 2. The Morgan fingerprint density at radius 2 is 1.91 bits per heavy atom. The maximum absolute atomic E-state index is 11.2. The largest absolute Gasteiger partial charge is 0.437 e. The number of anilines is 1. The Morgan fingerprint density at radius 1 is 1.12 bits per heavy atom. The van der Waals surface area contributed by atoms with Crippen molar-refractivity contribution in [1.29, 1.82) is 0 Å². The maximum Gasteiger partial charge on any atom is 0.268 e. The molecular formula is C26H30N4O3. The van der Waals surface area contributed by atoms with Crippen molar-refractivity contribution in [2.75, 3.05) is 24.7 Å². The number of amides is 1. The second kappa shape index (κ2) is 10.9. The molecule has 1 aromatic heterocycles. The number of hydrogen-bond acceptors (Lipinski definition) is 6. The molecule has 2 N–H and O–H groups in total. The number of nitrogens with two attached hydrogens (primary N) is 1. The van der Waals surface area contributed by atoms with Crippen molar-refractivity contribution in [3.8, 4) is 11.6 Å². The number of aryl methyl sites for hydroxylation is 1. The number of primary amides is 1. The van der Waals surface area contributed by atoms with Crippen LogP contribution in [0, 0.1) is 12.8 Å². The van der Waals surface area contributed by atoms with Crippen molar-refractivity contribution < 1.29 is 14.3 Å². The van der Waals surface area contributed by atoms with Gasteiger partial charge >= 0.3 is 0 Å². The number of carbonyl (C=O) groups excluding carboxylic acids is 1. The summed E-state index contributed by atoms with van der Waals surface area (Å²) in [6.45, 7) is 5.60. The van der Waals surface area contributed by atoms with Gasteiger partial charge < -0.3 is 20.1 Å². The van der Waals surface area contributed by atoms with Crippen molar-refractivity contribution in [1.82, 2.24) is 9.97 Å². The van der Waals surface area contributed by atoms with Crippen LogP contribution in [0.4, 0.5) is 5.69 Å². The Kier molecular flexibility index (Phi) is 7.52. The molecule has 0 radical (unpaired) electrons. The molecule has 0 bridgehead atoms. The van der Waals surface area contributed by atoms with Crippen LogP contribution < -0.4 is 15.4 Å². The van der Waals surface area contributed by atoms with Gasteiger partial charge in [-0.25, -0.2) is 9.97 Å². The highest BCUT2D eigenvalue weighted by atomic mass is 16.5. The summed E-state index contributed by atoms with van der Waals surface area (Å²) in [7, 11) is 0. The van der Waals surface area contributed by atoms with Crippen LogP contribution in [0.15, 0.2) is 60.9 Å². The third-order valence-corrected chi connectivity index (χ3v) is 5.98. The number of aromatic nitrogens is 2. The number of hydrogen-bond donors (Lipinski definition) is 1. The van der Waals surface area contributed by atoms with E-state index in [1.54, 1.807) is 0 Å². The molecule has 0 spiro atoms. The molecule has 0 atom stereocenters. The Bertz CT molecular complexity index is 1050. The van der Waals surface area contributed by atoms with Crippen molar-refractivity contribution in [3.05, 3.63) is 77.7 Å². The van der Waals surface area contributed by atoms with Crippen LogP contribution >= 0.6 is 0 Å². The first-order valence-electron chi connectivity index (χ1n) is 11.4. The summed E-state index contributed by atoms with van der Waals surface area (Å²) < 4.78 is 11.4. The zero-order valence-electron chi connectivity index (χ0n) is 18.9. The van der Waals surface area contributed by atoms with Crippen molar-refractivity contribution in [2.24, 2.45) is 11.7 Å². The van der Waals surface area contributed by atoms with Crippen LogP contribution in [0.5, 0.6) is 11.6 Å². The predicted molar refractivity (Wildman–Crippen MR) is 127 cm³/mol. The molecule has 2 aromatic carbocycles. The highest BCUT2D eigenvalue weighted by molar-refractivity contribution is 5.90. The third-order valence-electron chi connectivity index (χ3n) is 5.98. The lowest BCUT2D eigenvalue weighted by Gasteiger charge is -2.29. The fraction of sp³-hybridized carbons (Fsp3) is 0.346. The van der Waals surface area contributed by atoms with Gasteiger partial charge in [-0.2, -0.15) is 0 Å². The first-order valence-corrected chi connectivity index (χ1v) is 11.4. The Morgan fingerprint density at radius 3 is 2.58 bits per heavy atom. The Balaban J connectivity index is 1.44. The van der Waals surface area contributed by atoms with Gasteiger partial charge in [-0.3, -0.25) is 4.79 Å². The van der Waals surface area contributed by atoms with Gasteiger partial charge in [0.15, 0.2) is 0 Å². The average Bonchev–Trinajstić information content (AvgIpc) is 2.85. The molecule has 1 amide bonds. The van der Waals surface area contributed by atoms with E-state index in [2.05, 4.69) is 57.3 Å². The minimum atomic E-state index is -0.616. The summed E-state index contributed by atoms with van der Waals surface area (Å²) in [6, 6.07) is 16.7. The van der Waals surface area contributed by atoms with E-state index in [-0.39, 0.29) is 5.69 Å². The van der Waals surface area contributed by atoms with Crippen molar-refractivity contribution in [3.63, 3.8) is 0 Å². The normalized spacial score (nSPS) is 14.1. The molecule has 0 unspecified atom stereocenters. The monoisotopic (exact) mass is 446 g/mol. The van der Waals surface area contributed by atoms with Crippen LogP contribution in [0.1, 0.15) is 40.9 Å². The smallest absolute Gasteiger partial charge is 0.268 e. The van der Waals surface area contributed by atoms with Crippen LogP contribution in [0.3, 0.4) is 0 Å². The zero-order valence-corrected chi connectivity index (χ0v) is 18.9. The molecule has 172 valence electrons. The minimum Gasteiger partial charge on any atom is -0.437 e. The minimum absolute atomic E-state index is 0.108. The van der Waals surface area contributed by atoms with E-state index in [1.165, 1.54) is 30.1 Å². The summed E-state index contributed by atoms with van der Waals surface area (Å²) >= 11 is 0. The van der Waals surface area contributed by atoms with Gasteiger partial charge in [-0.15, -0.1) is 0 Å². The lowest BCUT2D eigenvalue weighted by atomic mass is 9.96. The first kappa shape index (κ1) is 22.7. The van der Waals surface area contributed by atoms with E-state index >= 15 is 0 Å². The maximum atomic E-state index is 11.2. The van der Waals surface area contributed by atoms with Gasteiger partial charge in [0.1, 0.15) is 11.4 Å². The summed E-state index contributed by atoms with van der Waals surface area (Å²) in [6.07, 6.45) is 6.19. The van der Waals surface area contributed by atoms with Crippen molar-refractivity contribution in [2.45, 2.75) is 32.7 Å². The Hall–Kier alpha value is -3.45. The van der Waals surface area contributed by atoms with Gasteiger partial charge in [0, 0.05) is 32.0 Å². The molecule has 0 aliphatic carbocycles. The number of carbonyl (C=O) groups is 1. The zero-order chi connectivity index (χ0) is 23.0. The SMILES string of the molecule is Cc1cc(CN(CCC2CCOCC2)c2ccccc2)ccc1Oc1cnc(C(N)=O)cn1. The summed E-state index contributed by atoms with van der Waals surface area (Å²) in [5, 5.41) is 0. The predicted octanol–water partition coefficient (Wildman–Crippen LogP) is 4.50. The quantitative estimate of drug-likeness (QED) is 0.520. The van der Waals surface area contributed by atoms with E-state index in [0.29, 0.717) is 11.6 Å². The topological polar surface area (TPSA) is 90.6 Å². The third kappa shape index (κ3) is 6.29. The molecule has 1 saturated heterocycles. The lowest BCUT2D eigenvalue weighted by molar-refractivity contribution is 0.0644. The number of rotatable bonds is 9. The summed E-state index contributed by atoms with van der Waals surface area (Å²) in [5.74, 6) is 1.13. The van der Waals surface area contributed by atoms with E-state index in [9.17, 15) is 4.79 Å². The molecule has 1 aliphatic rings. The van der Waals surface area contributed by atoms with Crippen LogP contribution in [-0.4, -0.2) is 35.6 Å². The highest BCUT2D eigenvalue weighted by Gasteiger charge is 2.16. The average molecular weight is 447 g/mol. The molecule has 0 saturated carbocycles.